The standard InChI is InChI=1S/C14H14NO3S.C14H12NO3S.C11H11O2.C3H3NO2S.CH4.B2.2B.HI.Li.3W.3Y.H/c2*1-9(18-2)7-10-5-3-4-6-11(8-10)12-13(16)15-14(17)19-12;1-9(13-2)7-10-5-3-4-6-11(12)8-10;5-2-1-7-3(6)4-2;;1-2;;;;;;;;;;;/h1,3,6-7,11-12H,4-5H2,2H3,(H,15,16,17);1,3,6-7H,4-5H2,2H3,(H,15,16,17);1,3,6-7H,4-5H2,2H3;1H2,(H,4,5,6);1H4;;;;1H;;;;;;;;/q3*-3;;;;;;;+1;;;;;;;-1/b;10-7?,12-11-;;;;;;;;;;;;;;;. The molecule has 3 N–H and O–H groups in total. The Morgan fingerprint density at radius 2 is 1.17 bits per heavy atom. The van der Waals surface area contributed by atoms with Crippen LogP contribution in [0.2, 0.25) is 0 Å². The SMILES string of the molecule is C.I.O=C1CSC(=O)N1.[B].[B].[B][B].[CH-]=C(C=C1C[CH-]C[CH-]/C(=C2/SC(=O)NC2=O)[C]1=[W])OC.[CH-]=C(C=C1C[CH-]C[CH-]C(=O)[C]1=[W])OC.[CH-]=C(C=C1C[CH-]C[CH-]C(C2SC(=O)NC2=O)[C]1=[W])OC.[H-].[Li+].[Y].[Y].[Y]. The Morgan fingerprint density at radius 3 is 1.58 bits per heavy atom. The number of carbonyl (C=O) groups excluding carboxylic acids is 7. The van der Waals surface area contributed by atoms with E-state index in [0.717, 1.165) is 108 Å². The molecule has 13 radical (unpaired) electrons. The van der Waals surface area contributed by atoms with Gasteiger partial charge in [0.25, 0.3) is 5.24 Å². The number of methoxy groups -OCH3 is 3. The summed E-state index contributed by atoms with van der Waals surface area (Å²) in [4.78, 5) is 78.5. The van der Waals surface area contributed by atoms with Gasteiger partial charge in [-0.3, -0.25) is 14.9 Å². The molecule has 28 heteroatoms. The Labute approximate surface area is 578 Å². The number of carbonyl (C=O) groups is 7. The van der Waals surface area contributed by atoms with E-state index in [1.807, 2.05) is 12.5 Å². The molecule has 71 heavy (non-hydrogen) atoms. The van der Waals surface area contributed by atoms with Crippen molar-refractivity contribution in [2.75, 3.05) is 27.1 Å². The third kappa shape index (κ3) is 31.4. The molecule has 0 spiro atoms. The smallest absolute Gasteiger partial charge is 1.00 e. The van der Waals surface area contributed by atoms with E-state index in [4.69, 9.17) is 33.9 Å². The number of hydrogen-bond donors (Lipinski definition) is 3. The summed E-state index contributed by atoms with van der Waals surface area (Å²) in [5.74, 6) is 0.695. The van der Waals surface area contributed by atoms with Crippen LogP contribution in [0.15, 0.2) is 62.7 Å². The summed E-state index contributed by atoms with van der Waals surface area (Å²) in [6.45, 7) is 17.0. The van der Waals surface area contributed by atoms with E-state index < -0.39 is 0 Å². The zero-order valence-corrected chi connectivity index (χ0v) is 60.6. The van der Waals surface area contributed by atoms with Gasteiger partial charge in [0.2, 0.25) is 5.91 Å². The van der Waals surface area contributed by atoms with Crippen LogP contribution in [0, 0.1) is 64.2 Å². The van der Waals surface area contributed by atoms with E-state index in [2.05, 4.69) is 57.1 Å². The van der Waals surface area contributed by atoms with Crippen molar-refractivity contribution in [1.82, 2.24) is 16.0 Å². The van der Waals surface area contributed by atoms with Gasteiger partial charge in [-0.2, -0.15) is 0 Å². The summed E-state index contributed by atoms with van der Waals surface area (Å²) in [5.41, 5.74) is 3.89. The number of rotatable bonds is 7. The molecule has 6 rings (SSSR count). The van der Waals surface area contributed by atoms with E-state index in [1.165, 1.54) is 79.4 Å². The molecule has 0 aromatic heterocycles. The van der Waals surface area contributed by atoms with Gasteiger partial charge in [-0.05, 0) is 0 Å². The predicted molar refractivity (Wildman–Crippen MR) is 271 cm³/mol. The van der Waals surface area contributed by atoms with Crippen molar-refractivity contribution >= 4 is 142 Å². The zero-order chi connectivity index (χ0) is 47.2. The van der Waals surface area contributed by atoms with E-state index in [0.29, 0.717) is 27.9 Å². The van der Waals surface area contributed by atoms with Gasteiger partial charge in [-0.1, -0.05) is 19.2 Å². The second-order valence-electron chi connectivity index (χ2n) is 12.6. The van der Waals surface area contributed by atoms with E-state index in [9.17, 15) is 33.6 Å². The third-order valence-corrected chi connectivity index (χ3v) is 16.5. The fourth-order valence-electron chi connectivity index (χ4n) is 5.42. The molecule has 3 aliphatic heterocycles. The molecule has 2 unspecified atom stereocenters. The van der Waals surface area contributed by atoms with Crippen LogP contribution < -0.4 is 34.8 Å². The minimum atomic E-state index is -0.367. The second kappa shape index (κ2) is 48.0. The summed E-state index contributed by atoms with van der Waals surface area (Å²) in [6, 6.07) is 0. The molecule has 0 bridgehead atoms. The summed E-state index contributed by atoms with van der Waals surface area (Å²) in [6.07, 6.45) is 22.0. The minimum absolute atomic E-state index is 0. The Balaban J connectivity index is -0.000000125. The molecule has 3 aliphatic carbocycles. The molecule has 6 amide bonds. The minimum Gasteiger partial charge on any atom is -1.00 e. The average molecular weight is 1860 g/mol. The quantitative estimate of drug-likeness (QED) is 0.0842. The number of Topliss-reactive ketones (excluding diaryl/α,β-unsaturated/α-hetero) is 1. The van der Waals surface area contributed by atoms with Crippen LogP contribution in [-0.4, -0.2) is 116 Å². The number of ketones is 1. The molecule has 13 nitrogen and oxygen atoms in total. The Kier molecular flexibility index (Phi) is 58.7. The Morgan fingerprint density at radius 1 is 0.704 bits per heavy atom. The molecule has 3 saturated carbocycles. The molecule has 3 saturated heterocycles. The van der Waals surface area contributed by atoms with Crippen LogP contribution in [0.4, 0.5) is 14.4 Å². The molecule has 6 fully saturated rings. The number of amides is 6. The maximum Gasteiger partial charge on any atom is 1.00 e. The monoisotopic (exact) mass is 1860 g/mol. The molecule has 367 valence electrons. The summed E-state index contributed by atoms with van der Waals surface area (Å²) in [7, 11) is 12.6. The summed E-state index contributed by atoms with van der Waals surface area (Å²) in [5, 5.41) is 5.55. The van der Waals surface area contributed by atoms with Crippen molar-refractivity contribution in [1.29, 1.82) is 0 Å². The van der Waals surface area contributed by atoms with Gasteiger partial charge < -0.3 is 1.43 Å². The van der Waals surface area contributed by atoms with E-state index in [1.54, 1.807) is 18.6 Å². The van der Waals surface area contributed by atoms with Crippen molar-refractivity contribution < 1.29 is 224 Å². The molecule has 3 heterocycles. The molecule has 0 aromatic carbocycles. The number of halogens is 1. The molecule has 2 atom stereocenters. The van der Waals surface area contributed by atoms with Crippen molar-refractivity contribution in [2.45, 2.75) is 51.2 Å². The summed E-state index contributed by atoms with van der Waals surface area (Å²) < 4.78 is 17.8. The molecular formula is C43H46B4ILiN3O10S3W3Y3-9. The third-order valence-electron chi connectivity index (χ3n) is 8.42. The van der Waals surface area contributed by atoms with Crippen LogP contribution in [0.1, 0.15) is 47.4 Å². The largest absolute Gasteiger partial charge is 1.00 e. The fraction of sp³-hybridized carbons (Fsp3) is 0.302. The van der Waals surface area contributed by atoms with Gasteiger partial charge in [0.15, 0.2) is 0 Å². The first-order valence-corrected chi connectivity index (χ1v) is 25.4. The second-order valence-corrected chi connectivity index (χ2v) is 20.2. The first kappa shape index (κ1) is 86.9. The molecule has 0 aromatic rings. The average Bonchev–Trinajstić information content (AvgIpc) is 3.80. The van der Waals surface area contributed by atoms with Crippen molar-refractivity contribution in [3.05, 3.63) is 121 Å². The van der Waals surface area contributed by atoms with E-state index in [-0.39, 0.29) is 217 Å². The van der Waals surface area contributed by atoms with Crippen molar-refractivity contribution in [3.8, 4) is 0 Å². The van der Waals surface area contributed by atoms with Crippen LogP contribution in [0.5, 0.6) is 0 Å². The van der Waals surface area contributed by atoms with Gasteiger partial charge >= 0.3 is 381 Å². The normalized spacial score (nSPS) is 21.4. The van der Waals surface area contributed by atoms with Gasteiger partial charge in [0, 0.05) is 130 Å². The van der Waals surface area contributed by atoms with Gasteiger partial charge in [0.05, 0.1) is 5.75 Å². The van der Waals surface area contributed by atoms with Crippen LogP contribution >= 0.6 is 59.3 Å². The first-order chi connectivity index (χ1) is 30.0. The topological polar surface area (TPSA) is 183 Å². The molecular weight excluding hydrogens is 1810 g/mol. The van der Waals surface area contributed by atoms with Gasteiger partial charge in [-0.25, -0.2) is 0 Å². The maximum absolute atomic E-state index is 11.9. The van der Waals surface area contributed by atoms with Crippen molar-refractivity contribution in [2.24, 2.45) is 5.92 Å². The molecule has 6 aliphatic rings. The number of ether oxygens (including phenoxy) is 3. The fourth-order valence-corrected chi connectivity index (χ4v) is 11.6. The first-order valence-electron chi connectivity index (χ1n) is 18.3. The van der Waals surface area contributed by atoms with Crippen molar-refractivity contribution in [3.63, 3.8) is 0 Å². The summed E-state index contributed by atoms with van der Waals surface area (Å²) >= 11 is 6.70. The number of nitrogens with one attached hydrogen (secondary N) is 3. The van der Waals surface area contributed by atoms with Crippen LogP contribution in [0.25, 0.3) is 0 Å². The van der Waals surface area contributed by atoms with Crippen LogP contribution in [0.3, 0.4) is 0 Å². The van der Waals surface area contributed by atoms with Crippen LogP contribution in [-0.2, 0) is 190 Å². The number of thioether (sulfide) groups is 3. The van der Waals surface area contributed by atoms with E-state index >= 15 is 0 Å². The number of allylic oxidation sites excluding steroid dienone is 7. The zero-order valence-electron chi connectivity index (χ0n) is 39.5. The number of imide groups is 3. The van der Waals surface area contributed by atoms with Gasteiger partial charge in [0.1, 0.15) is 0 Å². The van der Waals surface area contributed by atoms with Gasteiger partial charge in [-0.15, -0.1) is 24.0 Å². The Hall–Kier alpha value is 2.03. The number of hydrogen-bond acceptors (Lipinski definition) is 13. The predicted octanol–water partition coefficient (Wildman–Crippen LogP) is 1.98. The maximum atomic E-state index is 11.9. The Bertz CT molecular complexity index is 2070.